The molecule has 0 radical (unpaired) electrons. The summed E-state index contributed by atoms with van der Waals surface area (Å²) in [6, 6.07) is 43.3. The van der Waals surface area contributed by atoms with Gasteiger partial charge in [0.25, 0.3) is 0 Å². The summed E-state index contributed by atoms with van der Waals surface area (Å²) in [6.45, 7) is 6.36. The van der Waals surface area contributed by atoms with Crippen LogP contribution >= 0.6 is 15.9 Å². The molecule has 0 amide bonds. The normalized spacial score (nSPS) is 10.8. The predicted octanol–water partition coefficient (Wildman–Crippen LogP) is 10.3. The first-order valence-electron chi connectivity index (χ1n) is 12.1. The van der Waals surface area contributed by atoms with Crippen LogP contribution in [0, 0.1) is 20.8 Å². The SMILES string of the molecule is Cc1ccc(N(c2ccc(C)cc2)c2ccc(N(c3ccc(C)cc3)c3ccc(Br)cc3)cc2)cc1. The van der Waals surface area contributed by atoms with Crippen molar-refractivity contribution in [1.82, 2.24) is 0 Å². The lowest BCUT2D eigenvalue weighted by molar-refractivity contribution is 1.25. The number of aryl methyl sites for hydroxylation is 3. The van der Waals surface area contributed by atoms with Gasteiger partial charge in [0.15, 0.2) is 0 Å². The van der Waals surface area contributed by atoms with Crippen LogP contribution in [-0.2, 0) is 0 Å². The first-order valence-corrected chi connectivity index (χ1v) is 12.9. The maximum absolute atomic E-state index is 3.57. The fourth-order valence-corrected chi connectivity index (χ4v) is 4.58. The van der Waals surface area contributed by atoms with Crippen LogP contribution in [0.2, 0.25) is 0 Å². The fourth-order valence-electron chi connectivity index (χ4n) is 4.32. The lowest BCUT2D eigenvalue weighted by Crippen LogP contribution is -2.12. The molecule has 0 aromatic heterocycles. The summed E-state index contributed by atoms with van der Waals surface area (Å²) in [5.74, 6) is 0. The second-order valence-electron chi connectivity index (χ2n) is 9.17. The summed E-state index contributed by atoms with van der Waals surface area (Å²) in [5, 5.41) is 0. The molecule has 3 heteroatoms. The lowest BCUT2D eigenvalue weighted by Gasteiger charge is -2.28. The molecule has 0 aliphatic rings. The van der Waals surface area contributed by atoms with Crippen molar-refractivity contribution < 1.29 is 0 Å². The van der Waals surface area contributed by atoms with Gasteiger partial charge in [0, 0.05) is 38.6 Å². The largest absolute Gasteiger partial charge is 0.311 e. The van der Waals surface area contributed by atoms with Crippen molar-refractivity contribution in [2.75, 3.05) is 9.80 Å². The Labute approximate surface area is 222 Å². The Morgan fingerprint density at radius 3 is 0.778 bits per heavy atom. The molecule has 5 aromatic carbocycles. The van der Waals surface area contributed by atoms with Crippen molar-refractivity contribution in [3.63, 3.8) is 0 Å². The molecule has 178 valence electrons. The maximum Gasteiger partial charge on any atom is 0.0463 e. The highest BCUT2D eigenvalue weighted by atomic mass is 79.9. The fraction of sp³-hybridized carbons (Fsp3) is 0.0909. The van der Waals surface area contributed by atoms with Gasteiger partial charge >= 0.3 is 0 Å². The van der Waals surface area contributed by atoms with Crippen molar-refractivity contribution >= 4 is 50.1 Å². The van der Waals surface area contributed by atoms with Gasteiger partial charge in [-0.3, -0.25) is 0 Å². The molecule has 0 saturated heterocycles. The van der Waals surface area contributed by atoms with E-state index in [1.165, 1.54) is 16.7 Å². The molecular formula is C33H29BrN2. The Hall–Kier alpha value is -3.82. The number of halogens is 1. The molecule has 0 unspecified atom stereocenters. The van der Waals surface area contributed by atoms with Gasteiger partial charge in [0.1, 0.15) is 0 Å². The Morgan fingerprint density at radius 2 is 0.528 bits per heavy atom. The van der Waals surface area contributed by atoms with E-state index in [0.717, 1.165) is 38.6 Å². The molecule has 0 atom stereocenters. The third-order valence-corrected chi connectivity index (χ3v) is 6.86. The minimum absolute atomic E-state index is 1.07. The topological polar surface area (TPSA) is 6.48 Å². The van der Waals surface area contributed by atoms with Crippen LogP contribution in [0.3, 0.4) is 0 Å². The quantitative estimate of drug-likeness (QED) is 0.214. The second kappa shape index (κ2) is 10.4. The van der Waals surface area contributed by atoms with E-state index in [0.29, 0.717) is 0 Å². The smallest absolute Gasteiger partial charge is 0.0463 e. The van der Waals surface area contributed by atoms with Crippen LogP contribution in [-0.4, -0.2) is 0 Å². The number of hydrogen-bond donors (Lipinski definition) is 0. The molecule has 5 rings (SSSR count). The Kier molecular flexibility index (Phi) is 6.92. The monoisotopic (exact) mass is 532 g/mol. The van der Waals surface area contributed by atoms with Crippen LogP contribution in [0.5, 0.6) is 0 Å². The van der Waals surface area contributed by atoms with Crippen molar-refractivity contribution in [2.24, 2.45) is 0 Å². The Morgan fingerprint density at radius 1 is 0.333 bits per heavy atom. The number of rotatable bonds is 6. The number of anilines is 6. The zero-order chi connectivity index (χ0) is 25.1. The summed E-state index contributed by atoms with van der Waals surface area (Å²) >= 11 is 3.57. The van der Waals surface area contributed by atoms with E-state index in [4.69, 9.17) is 0 Å². The molecular weight excluding hydrogens is 504 g/mol. The summed E-state index contributed by atoms with van der Waals surface area (Å²) in [6.07, 6.45) is 0. The van der Waals surface area contributed by atoms with Gasteiger partial charge in [-0.25, -0.2) is 0 Å². The molecule has 0 heterocycles. The first kappa shape index (κ1) is 23.9. The number of benzene rings is 5. The highest BCUT2D eigenvalue weighted by Gasteiger charge is 2.16. The van der Waals surface area contributed by atoms with Gasteiger partial charge in [0.05, 0.1) is 0 Å². The van der Waals surface area contributed by atoms with Gasteiger partial charge < -0.3 is 9.80 Å². The zero-order valence-corrected chi connectivity index (χ0v) is 22.4. The van der Waals surface area contributed by atoms with Gasteiger partial charge in [-0.05, 0) is 106 Å². The van der Waals surface area contributed by atoms with Crippen LogP contribution < -0.4 is 9.80 Å². The highest BCUT2D eigenvalue weighted by molar-refractivity contribution is 9.10. The summed E-state index contributed by atoms with van der Waals surface area (Å²) in [7, 11) is 0. The van der Waals surface area contributed by atoms with E-state index in [2.05, 4.69) is 168 Å². The molecule has 36 heavy (non-hydrogen) atoms. The maximum atomic E-state index is 3.57. The van der Waals surface area contributed by atoms with E-state index >= 15 is 0 Å². The third-order valence-electron chi connectivity index (χ3n) is 6.33. The third kappa shape index (κ3) is 5.22. The van der Waals surface area contributed by atoms with Gasteiger partial charge in [0.2, 0.25) is 0 Å². The van der Waals surface area contributed by atoms with E-state index in [1.54, 1.807) is 0 Å². The van der Waals surface area contributed by atoms with Crippen molar-refractivity contribution in [3.05, 3.63) is 142 Å². The molecule has 0 spiro atoms. The van der Waals surface area contributed by atoms with E-state index in [-0.39, 0.29) is 0 Å². The van der Waals surface area contributed by atoms with Gasteiger partial charge in [-0.1, -0.05) is 69.0 Å². The van der Waals surface area contributed by atoms with Crippen molar-refractivity contribution in [2.45, 2.75) is 20.8 Å². The lowest BCUT2D eigenvalue weighted by atomic mass is 10.1. The molecule has 0 fully saturated rings. The average molecular weight is 534 g/mol. The van der Waals surface area contributed by atoms with Crippen LogP contribution in [0.25, 0.3) is 0 Å². The molecule has 5 aromatic rings. The van der Waals surface area contributed by atoms with Crippen molar-refractivity contribution in [1.29, 1.82) is 0 Å². The van der Waals surface area contributed by atoms with Gasteiger partial charge in [-0.2, -0.15) is 0 Å². The molecule has 0 aliphatic heterocycles. The van der Waals surface area contributed by atoms with E-state index in [9.17, 15) is 0 Å². The molecule has 0 aliphatic carbocycles. The number of hydrogen-bond acceptors (Lipinski definition) is 2. The number of nitrogens with zero attached hydrogens (tertiary/aromatic N) is 2. The van der Waals surface area contributed by atoms with Crippen LogP contribution in [0.1, 0.15) is 16.7 Å². The molecule has 2 nitrogen and oxygen atoms in total. The summed E-state index contributed by atoms with van der Waals surface area (Å²) < 4.78 is 1.07. The second-order valence-corrected chi connectivity index (χ2v) is 10.1. The molecule has 0 saturated carbocycles. The highest BCUT2D eigenvalue weighted by Crippen LogP contribution is 2.39. The first-order chi connectivity index (χ1) is 17.5. The Bertz CT molecular complexity index is 1220. The van der Waals surface area contributed by atoms with Crippen LogP contribution in [0.4, 0.5) is 34.1 Å². The van der Waals surface area contributed by atoms with E-state index < -0.39 is 0 Å². The molecule has 0 N–H and O–H groups in total. The minimum atomic E-state index is 1.07. The minimum Gasteiger partial charge on any atom is -0.311 e. The van der Waals surface area contributed by atoms with E-state index in [1.807, 2.05) is 0 Å². The van der Waals surface area contributed by atoms with Gasteiger partial charge in [-0.15, -0.1) is 0 Å². The molecule has 0 bridgehead atoms. The predicted molar refractivity (Wildman–Crippen MR) is 158 cm³/mol. The van der Waals surface area contributed by atoms with Crippen molar-refractivity contribution in [3.8, 4) is 0 Å². The Balaban J connectivity index is 1.57. The average Bonchev–Trinajstić information content (AvgIpc) is 2.90. The standard InChI is InChI=1S/C33H29BrN2/c1-24-4-12-28(13-5-24)35(29-14-6-25(2)7-15-29)32-20-22-33(23-21-32)36(30-16-8-26(3)9-17-30)31-18-10-27(34)11-19-31/h4-23H,1-3H3. The summed E-state index contributed by atoms with van der Waals surface area (Å²) in [5.41, 5.74) is 10.5. The van der Waals surface area contributed by atoms with Crippen LogP contribution in [0.15, 0.2) is 126 Å². The summed E-state index contributed by atoms with van der Waals surface area (Å²) in [4.78, 5) is 4.59. The zero-order valence-electron chi connectivity index (χ0n) is 20.8.